The molecule has 0 aliphatic carbocycles. The number of thiophene rings is 1. The van der Waals surface area contributed by atoms with Crippen molar-refractivity contribution in [2.45, 2.75) is 32.0 Å². The van der Waals surface area contributed by atoms with Crippen molar-refractivity contribution in [1.82, 2.24) is 5.32 Å². The fourth-order valence-corrected chi connectivity index (χ4v) is 2.91. The minimum absolute atomic E-state index is 0.130. The number of hydrogen-bond donors (Lipinski definition) is 3. The molecule has 0 saturated heterocycles. The van der Waals surface area contributed by atoms with Crippen molar-refractivity contribution in [1.29, 1.82) is 0 Å². The molecule has 2 rings (SSSR count). The molecular formula is C15H18ClNO2S. The normalized spacial score (nSPS) is 14.2. The molecule has 0 amide bonds. The lowest BCUT2D eigenvalue weighted by Gasteiger charge is -2.17. The highest BCUT2D eigenvalue weighted by molar-refractivity contribution is 7.10. The van der Waals surface area contributed by atoms with Gasteiger partial charge in [0.15, 0.2) is 0 Å². The van der Waals surface area contributed by atoms with Gasteiger partial charge in [-0.15, -0.1) is 11.3 Å². The molecule has 20 heavy (non-hydrogen) atoms. The van der Waals surface area contributed by atoms with Gasteiger partial charge in [-0.2, -0.15) is 0 Å². The first-order valence-electron chi connectivity index (χ1n) is 6.48. The number of aliphatic hydroxyl groups excluding tert-OH is 1. The van der Waals surface area contributed by atoms with Crippen molar-refractivity contribution in [2.24, 2.45) is 0 Å². The van der Waals surface area contributed by atoms with Crippen LogP contribution in [0, 0.1) is 0 Å². The van der Waals surface area contributed by atoms with Gasteiger partial charge in [0.2, 0.25) is 0 Å². The number of aliphatic hydroxyl groups is 1. The van der Waals surface area contributed by atoms with E-state index in [0.717, 1.165) is 10.4 Å². The lowest BCUT2D eigenvalue weighted by atomic mass is 10.1. The van der Waals surface area contributed by atoms with E-state index in [0.29, 0.717) is 18.0 Å². The molecule has 2 atom stereocenters. The zero-order chi connectivity index (χ0) is 14.5. The van der Waals surface area contributed by atoms with E-state index >= 15 is 0 Å². The lowest BCUT2D eigenvalue weighted by Crippen LogP contribution is -2.27. The highest BCUT2D eigenvalue weighted by atomic mass is 35.5. The maximum atomic E-state index is 10.1. The summed E-state index contributed by atoms with van der Waals surface area (Å²) in [6.07, 6.45) is 0.174. The van der Waals surface area contributed by atoms with Crippen molar-refractivity contribution in [3.8, 4) is 5.75 Å². The van der Waals surface area contributed by atoms with Crippen LogP contribution in [0.5, 0.6) is 5.75 Å². The van der Waals surface area contributed by atoms with Crippen LogP contribution in [-0.2, 0) is 6.54 Å². The summed E-state index contributed by atoms with van der Waals surface area (Å²) in [4.78, 5) is 0.976. The molecule has 0 aliphatic rings. The van der Waals surface area contributed by atoms with Gasteiger partial charge in [0.1, 0.15) is 5.75 Å². The molecule has 2 unspecified atom stereocenters. The van der Waals surface area contributed by atoms with E-state index in [9.17, 15) is 10.2 Å². The molecule has 3 nitrogen and oxygen atoms in total. The number of benzene rings is 1. The first-order chi connectivity index (χ1) is 9.56. The Balaban J connectivity index is 1.86. The minimum Gasteiger partial charge on any atom is -0.508 e. The van der Waals surface area contributed by atoms with Crippen LogP contribution in [0.1, 0.15) is 29.9 Å². The van der Waals surface area contributed by atoms with Crippen LogP contribution in [0.25, 0.3) is 0 Å². The molecule has 0 fully saturated rings. The number of halogens is 1. The Morgan fingerprint density at radius 3 is 2.85 bits per heavy atom. The predicted octanol–water partition coefficient (Wildman–Crippen LogP) is 3.71. The summed E-state index contributed by atoms with van der Waals surface area (Å²) in [7, 11) is 0. The Bertz CT molecular complexity index is 545. The summed E-state index contributed by atoms with van der Waals surface area (Å²) >= 11 is 7.46. The van der Waals surface area contributed by atoms with Gasteiger partial charge in [-0.25, -0.2) is 0 Å². The summed E-state index contributed by atoms with van der Waals surface area (Å²) in [6, 6.07) is 8.99. The third-order valence-corrected chi connectivity index (χ3v) is 4.34. The largest absolute Gasteiger partial charge is 0.508 e. The highest BCUT2D eigenvalue weighted by Crippen LogP contribution is 2.24. The van der Waals surface area contributed by atoms with Crippen LogP contribution in [0.3, 0.4) is 0 Å². The average molecular weight is 312 g/mol. The number of rotatable bonds is 6. The molecular weight excluding hydrogens is 294 g/mol. The van der Waals surface area contributed by atoms with Crippen molar-refractivity contribution < 1.29 is 10.2 Å². The molecule has 2 aromatic rings. The van der Waals surface area contributed by atoms with Crippen LogP contribution in [-0.4, -0.2) is 16.3 Å². The zero-order valence-corrected chi connectivity index (χ0v) is 12.8. The second kappa shape index (κ2) is 7.09. The van der Waals surface area contributed by atoms with Crippen LogP contribution < -0.4 is 5.32 Å². The summed E-state index contributed by atoms with van der Waals surface area (Å²) in [5.74, 6) is 0.230. The van der Waals surface area contributed by atoms with Crippen molar-refractivity contribution in [2.75, 3.05) is 0 Å². The smallest absolute Gasteiger partial charge is 0.120 e. The topological polar surface area (TPSA) is 52.5 Å². The first-order valence-corrected chi connectivity index (χ1v) is 7.74. The van der Waals surface area contributed by atoms with Gasteiger partial charge in [-0.05, 0) is 43.0 Å². The summed E-state index contributed by atoms with van der Waals surface area (Å²) in [5.41, 5.74) is 0.759. The van der Waals surface area contributed by atoms with E-state index in [2.05, 4.69) is 5.32 Å². The fraction of sp³-hybridized carbons (Fsp3) is 0.333. The second-order valence-corrected chi connectivity index (χ2v) is 6.24. The summed E-state index contributed by atoms with van der Waals surface area (Å²) in [5, 5.41) is 25.7. The number of hydrogen-bond acceptors (Lipinski definition) is 4. The Morgan fingerprint density at radius 2 is 2.15 bits per heavy atom. The quantitative estimate of drug-likeness (QED) is 0.762. The fourth-order valence-electron chi connectivity index (χ4n) is 2.00. The molecule has 0 bridgehead atoms. The van der Waals surface area contributed by atoms with Gasteiger partial charge in [-0.1, -0.05) is 17.7 Å². The van der Waals surface area contributed by atoms with E-state index < -0.39 is 6.10 Å². The number of phenolic OH excluding ortho intramolecular Hbond substituents is 1. The van der Waals surface area contributed by atoms with Crippen molar-refractivity contribution in [3.63, 3.8) is 0 Å². The van der Waals surface area contributed by atoms with Crippen LogP contribution in [0.4, 0.5) is 0 Å². The zero-order valence-electron chi connectivity index (χ0n) is 11.2. The Labute approximate surface area is 127 Å². The third-order valence-electron chi connectivity index (χ3n) is 3.13. The van der Waals surface area contributed by atoms with Gasteiger partial charge >= 0.3 is 0 Å². The summed E-state index contributed by atoms with van der Waals surface area (Å²) < 4.78 is 0. The van der Waals surface area contributed by atoms with Crippen LogP contribution in [0.2, 0.25) is 5.02 Å². The highest BCUT2D eigenvalue weighted by Gasteiger charge is 2.13. The minimum atomic E-state index is -0.453. The molecule has 1 heterocycles. The van der Waals surface area contributed by atoms with E-state index in [4.69, 9.17) is 11.6 Å². The molecule has 0 saturated carbocycles. The molecule has 108 valence electrons. The first kappa shape index (κ1) is 15.3. The van der Waals surface area contributed by atoms with Gasteiger partial charge < -0.3 is 15.5 Å². The lowest BCUT2D eigenvalue weighted by molar-refractivity contribution is 0.157. The second-order valence-electron chi connectivity index (χ2n) is 4.82. The summed E-state index contributed by atoms with van der Waals surface area (Å²) in [6.45, 7) is 2.53. The van der Waals surface area contributed by atoms with E-state index in [1.807, 2.05) is 24.4 Å². The Hall–Kier alpha value is -1.07. The molecule has 1 aromatic heterocycles. The number of phenols is 1. The van der Waals surface area contributed by atoms with E-state index in [-0.39, 0.29) is 11.8 Å². The Morgan fingerprint density at radius 1 is 1.35 bits per heavy atom. The SMILES string of the molecule is CC(CC(O)c1cccs1)NCc1cc(Cl)ccc1O. The van der Waals surface area contributed by atoms with Crippen molar-refractivity contribution >= 4 is 22.9 Å². The standard InChI is InChI=1S/C15H18ClNO2S/c1-10(7-14(19)15-3-2-6-20-15)17-9-11-8-12(16)4-5-13(11)18/h2-6,8,10,14,17-19H,7,9H2,1H3. The number of aromatic hydroxyl groups is 1. The third kappa shape index (κ3) is 4.21. The predicted molar refractivity (Wildman–Crippen MR) is 83.3 cm³/mol. The van der Waals surface area contributed by atoms with E-state index in [1.54, 1.807) is 29.5 Å². The van der Waals surface area contributed by atoms with Gasteiger partial charge in [0.25, 0.3) is 0 Å². The number of nitrogens with one attached hydrogen (secondary N) is 1. The molecule has 0 radical (unpaired) electrons. The molecule has 0 aliphatic heterocycles. The van der Waals surface area contributed by atoms with Crippen LogP contribution >= 0.6 is 22.9 Å². The Kier molecular flexibility index (Phi) is 5.43. The van der Waals surface area contributed by atoms with Gasteiger partial charge in [0.05, 0.1) is 6.10 Å². The monoisotopic (exact) mass is 311 g/mol. The van der Waals surface area contributed by atoms with E-state index in [1.165, 1.54) is 0 Å². The maximum Gasteiger partial charge on any atom is 0.120 e. The van der Waals surface area contributed by atoms with Gasteiger partial charge in [-0.3, -0.25) is 0 Å². The molecule has 3 N–H and O–H groups in total. The van der Waals surface area contributed by atoms with Gasteiger partial charge in [0, 0.05) is 28.0 Å². The molecule has 1 aromatic carbocycles. The molecule has 0 spiro atoms. The molecule has 5 heteroatoms. The van der Waals surface area contributed by atoms with Crippen molar-refractivity contribution in [3.05, 3.63) is 51.2 Å². The van der Waals surface area contributed by atoms with Crippen LogP contribution in [0.15, 0.2) is 35.7 Å². The average Bonchev–Trinajstić information content (AvgIpc) is 2.94. The maximum absolute atomic E-state index is 10.1.